The molecule has 2 atom stereocenters. The first kappa shape index (κ1) is 15.9. The third-order valence-corrected chi connectivity index (χ3v) is 5.33. The fourth-order valence-corrected chi connectivity index (χ4v) is 3.94. The van der Waals surface area contributed by atoms with Crippen molar-refractivity contribution >= 4 is 16.8 Å². The molecule has 1 aromatic heterocycles. The van der Waals surface area contributed by atoms with Gasteiger partial charge in [-0.1, -0.05) is 49.4 Å². The Morgan fingerprint density at radius 1 is 1.20 bits per heavy atom. The number of H-pyrrole nitrogens is 1. The molecule has 2 unspecified atom stereocenters. The van der Waals surface area contributed by atoms with Crippen LogP contribution >= 0.6 is 0 Å². The molecule has 1 aliphatic carbocycles. The minimum Gasteiger partial charge on any atom is -0.361 e. The fraction of sp³-hybridized carbons (Fsp3) is 0.318. The minimum absolute atomic E-state index is 0.0479. The van der Waals surface area contributed by atoms with Crippen molar-refractivity contribution in [2.24, 2.45) is 5.92 Å². The summed E-state index contributed by atoms with van der Waals surface area (Å²) in [5.41, 5.74) is 5.01. The van der Waals surface area contributed by atoms with Crippen molar-refractivity contribution in [1.29, 1.82) is 0 Å². The van der Waals surface area contributed by atoms with Crippen molar-refractivity contribution in [3.63, 3.8) is 0 Å². The van der Waals surface area contributed by atoms with Crippen LogP contribution in [0.1, 0.15) is 42.5 Å². The molecule has 0 saturated carbocycles. The highest BCUT2D eigenvalue weighted by atomic mass is 16.1. The van der Waals surface area contributed by atoms with Crippen LogP contribution in [0, 0.1) is 5.92 Å². The van der Waals surface area contributed by atoms with Crippen LogP contribution in [0.25, 0.3) is 10.9 Å². The Balaban J connectivity index is 1.46. The Labute approximate surface area is 148 Å². The molecule has 1 aliphatic rings. The molecule has 128 valence electrons. The number of amides is 1. The lowest BCUT2D eigenvalue weighted by atomic mass is 9.87. The Morgan fingerprint density at radius 2 is 2.00 bits per heavy atom. The maximum absolute atomic E-state index is 12.8. The third kappa shape index (κ3) is 3.19. The van der Waals surface area contributed by atoms with E-state index in [1.165, 1.54) is 22.1 Å². The van der Waals surface area contributed by atoms with Gasteiger partial charge in [0, 0.05) is 23.0 Å². The molecular formula is C22H24N2O. The molecule has 0 aliphatic heterocycles. The summed E-state index contributed by atoms with van der Waals surface area (Å²) >= 11 is 0. The summed E-state index contributed by atoms with van der Waals surface area (Å²) in [6.45, 7) is 2.02. The van der Waals surface area contributed by atoms with E-state index >= 15 is 0 Å². The molecule has 3 nitrogen and oxygen atoms in total. The number of aryl methyl sites for hydroxylation is 1. The second-order valence-electron chi connectivity index (χ2n) is 7.12. The number of hydrogen-bond acceptors (Lipinski definition) is 1. The van der Waals surface area contributed by atoms with Gasteiger partial charge in [-0.2, -0.15) is 0 Å². The number of benzene rings is 2. The summed E-state index contributed by atoms with van der Waals surface area (Å²) in [6, 6.07) is 16.9. The second kappa shape index (κ2) is 6.75. The lowest BCUT2D eigenvalue weighted by molar-refractivity contribution is -0.125. The van der Waals surface area contributed by atoms with E-state index in [1.54, 1.807) is 0 Å². The number of fused-ring (bicyclic) bond motifs is 2. The van der Waals surface area contributed by atoms with Crippen molar-refractivity contribution in [2.75, 3.05) is 0 Å². The average molecular weight is 332 g/mol. The van der Waals surface area contributed by atoms with Crippen molar-refractivity contribution in [1.82, 2.24) is 10.3 Å². The molecule has 3 aromatic rings. The summed E-state index contributed by atoms with van der Waals surface area (Å²) in [7, 11) is 0. The highest BCUT2D eigenvalue weighted by Gasteiger charge is 2.24. The standard InChI is InChI=1S/C22H24N2O/c1-15(13-17-14-23-20-11-5-4-10-19(17)20)22(25)24-21-12-6-8-16-7-2-3-9-18(16)21/h2-5,7,9-11,14-15,21,23H,6,8,12-13H2,1H3,(H,24,25). The lowest BCUT2D eigenvalue weighted by Gasteiger charge is -2.27. The number of rotatable bonds is 4. The van der Waals surface area contributed by atoms with Gasteiger partial charge >= 0.3 is 0 Å². The quantitative estimate of drug-likeness (QED) is 0.724. The van der Waals surface area contributed by atoms with E-state index in [-0.39, 0.29) is 17.9 Å². The highest BCUT2D eigenvalue weighted by molar-refractivity contribution is 5.85. The number of aromatic nitrogens is 1. The largest absolute Gasteiger partial charge is 0.361 e. The molecule has 0 fully saturated rings. The van der Waals surface area contributed by atoms with Crippen LogP contribution in [-0.4, -0.2) is 10.9 Å². The Bertz CT molecular complexity index is 896. The SMILES string of the molecule is CC(Cc1c[nH]c2ccccc12)C(=O)NC1CCCc2ccccc21. The van der Waals surface area contributed by atoms with E-state index in [9.17, 15) is 4.79 Å². The van der Waals surface area contributed by atoms with Gasteiger partial charge in [-0.15, -0.1) is 0 Å². The van der Waals surface area contributed by atoms with E-state index in [0.29, 0.717) is 0 Å². The Morgan fingerprint density at radius 3 is 2.92 bits per heavy atom. The monoisotopic (exact) mass is 332 g/mol. The van der Waals surface area contributed by atoms with Crippen LogP contribution < -0.4 is 5.32 Å². The van der Waals surface area contributed by atoms with E-state index in [4.69, 9.17) is 0 Å². The van der Waals surface area contributed by atoms with Crippen molar-refractivity contribution in [2.45, 2.75) is 38.6 Å². The zero-order chi connectivity index (χ0) is 17.2. The molecule has 1 heterocycles. The van der Waals surface area contributed by atoms with Crippen LogP contribution in [0.5, 0.6) is 0 Å². The molecule has 0 saturated heterocycles. The van der Waals surface area contributed by atoms with Crippen LogP contribution in [0.15, 0.2) is 54.7 Å². The normalized spacial score (nSPS) is 17.9. The molecule has 0 bridgehead atoms. The van der Waals surface area contributed by atoms with Gasteiger partial charge in [0.2, 0.25) is 5.91 Å². The van der Waals surface area contributed by atoms with Crippen molar-refractivity contribution in [3.05, 3.63) is 71.4 Å². The number of hydrogen-bond donors (Lipinski definition) is 2. The zero-order valence-corrected chi connectivity index (χ0v) is 14.6. The molecule has 0 spiro atoms. The molecule has 4 rings (SSSR count). The van der Waals surface area contributed by atoms with Crippen LogP contribution in [-0.2, 0) is 17.6 Å². The number of aromatic amines is 1. The maximum atomic E-state index is 12.8. The number of nitrogens with one attached hydrogen (secondary N) is 2. The van der Waals surface area contributed by atoms with E-state index in [2.05, 4.69) is 46.7 Å². The van der Waals surface area contributed by atoms with E-state index in [1.807, 2.05) is 25.3 Å². The molecule has 3 heteroatoms. The Hall–Kier alpha value is -2.55. The van der Waals surface area contributed by atoms with Crippen LogP contribution in [0.4, 0.5) is 0 Å². The summed E-state index contributed by atoms with van der Waals surface area (Å²) in [5, 5.41) is 4.50. The predicted octanol–water partition coefficient (Wildman–Crippen LogP) is 4.54. The molecule has 2 N–H and O–H groups in total. The third-order valence-electron chi connectivity index (χ3n) is 5.33. The van der Waals surface area contributed by atoms with Crippen LogP contribution in [0.2, 0.25) is 0 Å². The smallest absolute Gasteiger partial charge is 0.223 e. The molecular weight excluding hydrogens is 308 g/mol. The van der Waals surface area contributed by atoms with E-state index in [0.717, 1.165) is 31.2 Å². The van der Waals surface area contributed by atoms with Crippen LogP contribution in [0.3, 0.4) is 0 Å². The van der Waals surface area contributed by atoms with Crippen molar-refractivity contribution < 1.29 is 4.79 Å². The highest BCUT2D eigenvalue weighted by Crippen LogP contribution is 2.30. The summed E-state index contributed by atoms with van der Waals surface area (Å²) in [4.78, 5) is 16.1. The van der Waals surface area contributed by atoms with Gasteiger partial charge in [0.1, 0.15) is 0 Å². The number of carbonyl (C=O) groups excluding carboxylic acids is 1. The summed E-state index contributed by atoms with van der Waals surface area (Å²) in [6.07, 6.45) is 6.07. The van der Waals surface area contributed by atoms with Gasteiger partial charge in [-0.3, -0.25) is 4.79 Å². The number of carbonyl (C=O) groups is 1. The topological polar surface area (TPSA) is 44.9 Å². The van der Waals surface area contributed by atoms with Gasteiger partial charge < -0.3 is 10.3 Å². The van der Waals surface area contributed by atoms with Crippen molar-refractivity contribution in [3.8, 4) is 0 Å². The lowest BCUT2D eigenvalue weighted by Crippen LogP contribution is -2.35. The van der Waals surface area contributed by atoms with Gasteiger partial charge in [0.25, 0.3) is 0 Å². The minimum atomic E-state index is -0.0479. The van der Waals surface area contributed by atoms with E-state index < -0.39 is 0 Å². The summed E-state index contributed by atoms with van der Waals surface area (Å²) in [5.74, 6) is 0.0975. The molecule has 0 radical (unpaired) electrons. The average Bonchev–Trinajstić information content (AvgIpc) is 3.05. The summed E-state index contributed by atoms with van der Waals surface area (Å²) < 4.78 is 0. The predicted molar refractivity (Wildman–Crippen MR) is 101 cm³/mol. The Kier molecular flexibility index (Phi) is 4.31. The van der Waals surface area contributed by atoms with Gasteiger partial charge in [0.05, 0.1) is 6.04 Å². The molecule has 2 aromatic carbocycles. The maximum Gasteiger partial charge on any atom is 0.223 e. The second-order valence-corrected chi connectivity index (χ2v) is 7.12. The molecule has 1 amide bonds. The van der Waals surface area contributed by atoms with Gasteiger partial charge in [-0.25, -0.2) is 0 Å². The fourth-order valence-electron chi connectivity index (χ4n) is 3.94. The first-order valence-electron chi connectivity index (χ1n) is 9.15. The van der Waals surface area contributed by atoms with Gasteiger partial charge in [0.15, 0.2) is 0 Å². The molecule has 25 heavy (non-hydrogen) atoms. The zero-order valence-electron chi connectivity index (χ0n) is 14.6. The first-order chi connectivity index (χ1) is 12.2. The van der Waals surface area contributed by atoms with Gasteiger partial charge in [-0.05, 0) is 48.4 Å². The number of para-hydroxylation sites is 1. The first-order valence-corrected chi connectivity index (χ1v) is 9.15.